The van der Waals surface area contributed by atoms with E-state index in [1.54, 1.807) is 12.1 Å². The van der Waals surface area contributed by atoms with Gasteiger partial charge in [-0.15, -0.1) is 0 Å². The highest BCUT2D eigenvalue weighted by Gasteiger charge is 2.30. The minimum absolute atomic E-state index is 0.633. The van der Waals surface area contributed by atoms with Gasteiger partial charge in [0.25, 0.3) is 0 Å². The Morgan fingerprint density at radius 1 is 0.485 bits per heavy atom. The van der Waals surface area contributed by atoms with Crippen molar-refractivity contribution in [2.75, 3.05) is 0 Å². The molecule has 33 heavy (non-hydrogen) atoms. The summed E-state index contributed by atoms with van der Waals surface area (Å²) < 4.78 is 39.1. The Hall–Kier alpha value is -3.85. The maximum absolute atomic E-state index is 13.0. The van der Waals surface area contributed by atoms with E-state index in [4.69, 9.17) is 0 Å². The molecule has 0 aliphatic carbocycles. The third-order valence-corrected chi connectivity index (χ3v) is 6.55. The van der Waals surface area contributed by atoms with E-state index in [0.29, 0.717) is 0 Å². The Morgan fingerprint density at radius 3 is 1.36 bits per heavy atom. The zero-order valence-corrected chi connectivity index (χ0v) is 17.9. The Morgan fingerprint density at radius 2 is 0.909 bits per heavy atom. The summed E-state index contributed by atoms with van der Waals surface area (Å²) >= 11 is 0. The SMILES string of the molecule is Cc1ccc(-c2ccc3ccc4c(-c5ccc(C(F)(F)F)cc5)ccc5ccc2c3c54)cc1. The smallest absolute Gasteiger partial charge is 0.166 e. The molecular formula is C30H19F3. The lowest BCUT2D eigenvalue weighted by atomic mass is 9.87. The van der Waals surface area contributed by atoms with Gasteiger partial charge in [0, 0.05) is 0 Å². The van der Waals surface area contributed by atoms with E-state index in [9.17, 15) is 13.2 Å². The van der Waals surface area contributed by atoms with Crippen LogP contribution in [0.1, 0.15) is 11.1 Å². The Balaban J connectivity index is 1.62. The molecule has 0 unspecified atom stereocenters. The van der Waals surface area contributed by atoms with Crippen molar-refractivity contribution in [2.45, 2.75) is 13.1 Å². The van der Waals surface area contributed by atoms with Gasteiger partial charge < -0.3 is 0 Å². The third-order valence-electron chi connectivity index (χ3n) is 6.55. The molecule has 0 nitrogen and oxygen atoms in total. The van der Waals surface area contributed by atoms with Crippen molar-refractivity contribution in [1.82, 2.24) is 0 Å². The molecular weight excluding hydrogens is 417 g/mol. The molecule has 0 N–H and O–H groups in total. The second kappa shape index (κ2) is 7.08. The molecule has 0 saturated carbocycles. The van der Waals surface area contributed by atoms with Crippen molar-refractivity contribution in [1.29, 1.82) is 0 Å². The number of aryl methyl sites for hydroxylation is 1. The summed E-state index contributed by atoms with van der Waals surface area (Å²) in [7, 11) is 0. The lowest BCUT2D eigenvalue weighted by Crippen LogP contribution is -2.04. The van der Waals surface area contributed by atoms with Gasteiger partial charge in [-0.2, -0.15) is 13.2 Å². The van der Waals surface area contributed by atoms with Gasteiger partial charge in [-0.1, -0.05) is 90.5 Å². The molecule has 0 radical (unpaired) electrons. The van der Waals surface area contributed by atoms with Gasteiger partial charge in [0.05, 0.1) is 5.56 Å². The van der Waals surface area contributed by atoms with Gasteiger partial charge in [0.15, 0.2) is 0 Å². The minimum Gasteiger partial charge on any atom is -0.166 e. The number of alkyl halides is 3. The van der Waals surface area contributed by atoms with Gasteiger partial charge in [0.1, 0.15) is 0 Å². The van der Waals surface area contributed by atoms with Gasteiger partial charge in [-0.25, -0.2) is 0 Å². The Kier molecular flexibility index (Phi) is 4.25. The van der Waals surface area contributed by atoms with E-state index in [0.717, 1.165) is 44.8 Å². The van der Waals surface area contributed by atoms with Crippen LogP contribution in [0.15, 0.2) is 97.1 Å². The van der Waals surface area contributed by atoms with Crippen LogP contribution in [0.5, 0.6) is 0 Å². The summed E-state index contributed by atoms with van der Waals surface area (Å²) in [5.74, 6) is 0. The van der Waals surface area contributed by atoms with E-state index < -0.39 is 11.7 Å². The first-order valence-corrected chi connectivity index (χ1v) is 10.9. The average Bonchev–Trinajstić information content (AvgIpc) is 2.82. The van der Waals surface area contributed by atoms with Gasteiger partial charge in [-0.3, -0.25) is 0 Å². The maximum Gasteiger partial charge on any atom is 0.416 e. The number of halogens is 3. The van der Waals surface area contributed by atoms with Crippen molar-refractivity contribution in [3.8, 4) is 22.3 Å². The molecule has 0 heterocycles. The van der Waals surface area contributed by atoms with Gasteiger partial charge in [-0.05, 0) is 73.6 Å². The zero-order valence-electron chi connectivity index (χ0n) is 17.9. The normalized spacial score (nSPS) is 12.2. The predicted molar refractivity (Wildman–Crippen MR) is 131 cm³/mol. The lowest BCUT2D eigenvalue weighted by molar-refractivity contribution is -0.137. The molecule has 6 rings (SSSR count). The average molecular weight is 436 g/mol. The van der Waals surface area contributed by atoms with Crippen LogP contribution in [-0.2, 0) is 6.18 Å². The van der Waals surface area contributed by atoms with Crippen molar-refractivity contribution < 1.29 is 13.2 Å². The summed E-state index contributed by atoms with van der Waals surface area (Å²) in [6.07, 6.45) is -4.34. The first kappa shape index (κ1) is 19.8. The van der Waals surface area contributed by atoms with Crippen molar-refractivity contribution >= 4 is 32.3 Å². The Labute approximate surface area is 189 Å². The van der Waals surface area contributed by atoms with Gasteiger partial charge in [0.2, 0.25) is 0 Å². The lowest BCUT2D eigenvalue weighted by Gasteiger charge is -2.17. The van der Waals surface area contributed by atoms with Crippen LogP contribution in [0.2, 0.25) is 0 Å². The standard InChI is InChI=1S/C30H19F3/c1-18-2-4-19(5-3-18)24-14-8-21-11-17-27-25(20-6-12-23(13-7-20)30(31,32)33)15-9-22-10-16-26(24)28(21)29(22)27/h2-17H,1H3. The number of hydrogen-bond donors (Lipinski definition) is 0. The second-order valence-electron chi connectivity index (χ2n) is 8.59. The topological polar surface area (TPSA) is 0 Å². The van der Waals surface area contributed by atoms with Crippen molar-refractivity contribution in [3.05, 3.63) is 108 Å². The van der Waals surface area contributed by atoms with Crippen molar-refractivity contribution in [3.63, 3.8) is 0 Å². The maximum atomic E-state index is 13.0. The summed E-state index contributed by atoms with van der Waals surface area (Å²) in [6, 6.07) is 30.9. The molecule has 0 bridgehead atoms. The molecule has 6 aromatic carbocycles. The fourth-order valence-electron chi connectivity index (χ4n) is 4.88. The molecule has 0 saturated heterocycles. The van der Waals surface area contributed by atoms with Crippen LogP contribution in [0.4, 0.5) is 13.2 Å². The molecule has 0 aliphatic rings. The Bertz CT molecular complexity index is 1620. The molecule has 0 aliphatic heterocycles. The van der Waals surface area contributed by atoms with Gasteiger partial charge >= 0.3 is 6.18 Å². The summed E-state index contributed by atoms with van der Waals surface area (Å²) in [5.41, 5.74) is 4.65. The van der Waals surface area contributed by atoms with E-state index in [1.165, 1.54) is 27.5 Å². The minimum atomic E-state index is -4.34. The van der Waals surface area contributed by atoms with Crippen LogP contribution in [0, 0.1) is 6.92 Å². The first-order valence-electron chi connectivity index (χ1n) is 10.9. The van der Waals surface area contributed by atoms with E-state index in [2.05, 4.69) is 73.7 Å². The number of benzene rings is 6. The zero-order chi connectivity index (χ0) is 22.7. The highest BCUT2D eigenvalue weighted by molar-refractivity contribution is 6.27. The van der Waals surface area contributed by atoms with Crippen LogP contribution in [-0.4, -0.2) is 0 Å². The monoisotopic (exact) mass is 436 g/mol. The molecule has 0 amide bonds. The molecule has 0 fully saturated rings. The largest absolute Gasteiger partial charge is 0.416 e. The fourth-order valence-corrected chi connectivity index (χ4v) is 4.88. The predicted octanol–water partition coefficient (Wildman–Crippen LogP) is 9.25. The van der Waals surface area contributed by atoms with Crippen molar-refractivity contribution in [2.24, 2.45) is 0 Å². The molecule has 0 spiro atoms. The van der Waals surface area contributed by atoms with E-state index in [-0.39, 0.29) is 0 Å². The highest BCUT2D eigenvalue weighted by Crippen LogP contribution is 2.42. The summed E-state index contributed by atoms with van der Waals surface area (Å²) in [5, 5.41) is 6.85. The number of rotatable bonds is 2. The van der Waals surface area contributed by atoms with Crippen LogP contribution >= 0.6 is 0 Å². The van der Waals surface area contributed by atoms with Crippen LogP contribution in [0.25, 0.3) is 54.6 Å². The summed E-state index contributed by atoms with van der Waals surface area (Å²) in [6.45, 7) is 2.08. The number of hydrogen-bond acceptors (Lipinski definition) is 0. The second-order valence-corrected chi connectivity index (χ2v) is 8.59. The highest BCUT2D eigenvalue weighted by atomic mass is 19.4. The summed E-state index contributed by atoms with van der Waals surface area (Å²) in [4.78, 5) is 0. The fraction of sp³-hybridized carbons (Fsp3) is 0.0667. The molecule has 0 aromatic heterocycles. The molecule has 160 valence electrons. The van der Waals surface area contributed by atoms with E-state index >= 15 is 0 Å². The van der Waals surface area contributed by atoms with E-state index in [1.807, 2.05) is 6.07 Å². The van der Waals surface area contributed by atoms with Crippen LogP contribution < -0.4 is 0 Å². The third kappa shape index (κ3) is 3.15. The molecule has 3 heteroatoms. The molecule has 0 atom stereocenters. The molecule has 6 aromatic rings. The quantitative estimate of drug-likeness (QED) is 0.237. The first-order chi connectivity index (χ1) is 15.9. The van der Waals surface area contributed by atoms with Crippen LogP contribution in [0.3, 0.4) is 0 Å².